The summed E-state index contributed by atoms with van der Waals surface area (Å²) in [6.07, 6.45) is 2.11. The van der Waals surface area contributed by atoms with Crippen molar-refractivity contribution in [3.05, 3.63) is 41.6 Å². The van der Waals surface area contributed by atoms with Gasteiger partial charge in [0.1, 0.15) is 11.6 Å². The third kappa shape index (κ3) is 3.17. The third-order valence-corrected chi connectivity index (χ3v) is 3.98. The summed E-state index contributed by atoms with van der Waals surface area (Å²) in [4.78, 5) is 14.3. The number of halogens is 2. The predicted octanol–water partition coefficient (Wildman–Crippen LogP) is 2.99. The van der Waals surface area contributed by atoms with Gasteiger partial charge in [0.05, 0.1) is 35.2 Å². The van der Waals surface area contributed by atoms with E-state index in [1.165, 1.54) is 12.3 Å². The maximum absolute atomic E-state index is 14.0. The van der Waals surface area contributed by atoms with Crippen molar-refractivity contribution in [3.8, 4) is 11.3 Å². The Morgan fingerprint density at radius 2 is 2.08 bits per heavy atom. The standard InChI is InChI=1S/C17H19F2N3O2/c1-10(2)24-11-6-7-22(9-11)17(23)12-8-20-21-16(12)15-13(18)4-3-5-14(15)19/h3-5,8,10-11H,6-7,9H2,1-2H3,(H,20,21)/t11-/m1/s1. The van der Waals surface area contributed by atoms with Crippen molar-refractivity contribution >= 4 is 5.91 Å². The lowest BCUT2D eigenvalue weighted by Gasteiger charge is -2.18. The molecular formula is C17H19F2N3O2. The van der Waals surface area contributed by atoms with Crippen LogP contribution in [-0.4, -0.2) is 46.3 Å². The molecule has 0 radical (unpaired) electrons. The Hall–Kier alpha value is -2.28. The SMILES string of the molecule is CC(C)O[C@@H]1CCN(C(=O)c2cn[nH]c2-c2c(F)cccc2F)C1. The zero-order chi connectivity index (χ0) is 17.3. The lowest BCUT2D eigenvalue weighted by Crippen LogP contribution is -2.31. The molecule has 1 amide bonds. The second-order valence-electron chi connectivity index (χ2n) is 6.10. The van der Waals surface area contributed by atoms with Crippen LogP contribution in [0.4, 0.5) is 8.78 Å². The minimum atomic E-state index is -0.740. The number of nitrogens with zero attached hydrogens (tertiary/aromatic N) is 2. The largest absolute Gasteiger partial charge is 0.374 e. The van der Waals surface area contributed by atoms with Crippen LogP contribution in [0.15, 0.2) is 24.4 Å². The van der Waals surface area contributed by atoms with E-state index in [1.807, 2.05) is 13.8 Å². The molecule has 0 spiro atoms. The highest BCUT2D eigenvalue weighted by molar-refractivity contribution is 6.00. The van der Waals surface area contributed by atoms with E-state index in [1.54, 1.807) is 4.90 Å². The molecule has 1 fully saturated rings. The molecule has 5 nitrogen and oxygen atoms in total. The molecule has 3 rings (SSSR count). The average Bonchev–Trinajstić information content (AvgIpc) is 3.15. The highest BCUT2D eigenvalue weighted by Crippen LogP contribution is 2.28. The number of rotatable bonds is 4. The van der Waals surface area contributed by atoms with Gasteiger partial charge in [0.25, 0.3) is 5.91 Å². The number of carbonyl (C=O) groups excluding carboxylic acids is 1. The number of H-pyrrole nitrogens is 1. The fraction of sp³-hybridized carbons (Fsp3) is 0.412. The number of aromatic amines is 1. The van der Waals surface area contributed by atoms with Gasteiger partial charge in [0, 0.05) is 13.1 Å². The Morgan fingerprint density at radius 1 is 1.38 bits per heavy atom. The fourth-order valence-corrected chi connectivity index (χ4v) is 2.95. The van der Waals surface area contributed by atoms with Gasteiger partial charge in [0.2, 0.25) is 0 Å². The zero-order valence-electron chi connectivity index (χ0n) is 13.6. The van der Waals surface area contributed by atoms with Gasteiger partial charge in [-0.1, -0.05) is 6.07 Å². The monoisotopic (exact) mass is 335 g/mol. The summed E-state index contributed by atoms with van der Waals surface area (Å²) in [5, 5.41) is 6.35. The van der Waals surface area contributed by atoms with Crippen LogP contribution in [0.2, 0.25) is 0 Å². The lowest BCUT2D eigenvalue weighted by atomic mass is 10.1. The molecule has 0 unspecified atom stereocenters. The Balaban J connectivity index is 1.85. The van der Waals surface area contributed by atoms with Crippen LogP contribution < -0.4 is 0 Å². The number of hydrogen-bond donors (Lipinski definition) is 1. The summed E-state index contributed by atoms with van der Waals surface area (Å²) in [6, 6.07) is 3.58. The molecule has 0 saturated carbocycles. The summed E-state index contributed by atoms with van der Waals surface area (Å²) >= 11 is 0. The van der Waals surface area contributed by atoms with Gasteiger partial charge in [0.15, 0.2) is 0 Å². The first-order chi connectivity index (χ1) is 11.5. The maximum Gasteiger partial charge on any atom is 0.257 e. The Labute approximate surface area is 138 Å². The van der Waals surface area contributed by atoms with Gasteiger partial charge in [-0.3, -0.25) is 9.89 Å². The molecule has 128 valence electrons. The molecule has 7 heteroatoms. The lowest BCUT2D eigenvalue weighted by molar-refractivity contribution is 0.0139. The average molecular weight is 335 g/mol. The number of amides is 1. The topological polar surface area (TPSA) is 58.2 Å². The van der Waals surface area contributed by atoms with Crippen LogP contribution >= 0.6 is 0 Å². The first-order valence-electron chi connectivity index (χ1n) is 7.90. The minimum Gasteiger partial charge on any atom is -0.374 e. The number of aromatic nitrogens is 2. The van der Waals surface area contributed by atoms with Crippen molar-refractivity contribution in [2.45, 2.75) is 32.5 Å². The first-order valence-corrected chi connectivity index (χ1v) is 7.90. The summed E-state index contributed by atoms with van der Waals surface area (Å²) in [5.74, 6) is -1.79. The van der Waals surface area contributed by atoms with Gasteiger partial charge >= 0.3 is 0 Å². The van der Waals surface area contributed by atoms with Crippen LogP contribution in [0.25, 0.3) is 11.3 Å². The maximum atomic E-state index is 14.0. The number of carbonyl (C=O) groups is 1. The molecule has 0 bridgehead atoms. The molecule has 1 aliphatic rings. The Morgan fingerprint density at radius 3 is 2.75 bits per heavy atom. The molecular weight excluding hydrogens is 316 g/mol. The third-order valence-electron chi connectivity index (χ3n) is 3.98. The number of likely N-dealkylation sites (tertiary alicyclic amines) is 1. The van der Waals surface area contributed by atoms with Crippen LogP contribution in [0.3, 0.4) is 0 Å². The van der Waals surface area contributed by atoms with Gasteiger partial charge in [-0.15, -0.1) is 0 Å². The summed E-state index contributed by atoms with van der Waals surface area (Å²) in [6.45, 7) is 4.89. The van der Waals surface area contributed by atoms with E-state index >= 15 is 0 Å². The predicted molar refractivity (Wildman–Crippen MR) is 84.5 cm³/mol. The smallest absolute Gasteiger partial charge is 0.257 e. The first kappa shape index (κ1) is 16.6. The van der Waals surface area contributed by atoms with Gasteiger partial charge in [-0.2, -0.15) is 5.10 Å². The molecule has 1 aliphatic heterocycles. The summed E-state index contributed by atoms with van der Waals surface area (Å²) in [7, 11) is 0. The highest BCUT2D eigenvalue weighted by Gasteiger charge is 2.31. The van der Waals surface area contributed by atoms with E-state index in [0.717, 1.165) is 18.6 Å². The van der Waals surface area contributed by atoms with Crippen molar-refractivity contribution in [2.75, 3.05) is 13.1 Å². The van der Waals surface area contributed by atoms with Gasteiger partial charge < -0.3 is 9.64 Å². The summed E-state index contributed by atoms with van der Waals surface area (Å²) in [5.41, 5.74) is -0.0550. The molecule has 2 aromatic rings. The Kier molecular flexibility index (Phi) is 4.62. The van der Waals surface area contributed by atoms with E-state index in [2.05, 4.69) is 10.2 Å². The van der Waals surface area contributed by atoms with Crippen LogP contribution in [0.5, 0.6) is 0 Å². The van der Waals surface area contributed by atoms with E-state index in [0.29, 0.717) is 13.1 Å². The fourth-order valence-electron chi connectivity index (χ4n) is 2.95. The number of nitrogens with one attached hydrogen (secondary N) is 1. The molecule has 2 heterocycles. The molecule has 1 saturated heterocycles. The normalized spacial score (nSPS) is 17.7. The van der Waals surface area contributed by atoms with Crippen LogP contribution in [0.1, 0.15) is 30.6 Å². The van der Waals surface area contributed by atoms with E-state index in [-0.39, 0.29) is 34.9 Å². The zero-order valence-corrected chi connectivity index (χ0v) is 13.6. The van der Waals surface area contributed by atoms with E-state index < -0.39 is 11.6 Å². The van der Waals surface area contributed by atoms with E-state index in [4.69, 9.17) is 4.74 Å². The van der Waals surface area contributed by atoms with Crippen molar-refractivity contribution in [1.29, 1.82) is 0 Å². The number of benzene rings is 1. The quantitative estimate of drug-likeness (QED) is 0.934. The van der Waals surface area contributed by atoms with Crippen LogP contribution in [0, 0.1) is 11.6 Å². The van der Waals surface area contributed by atoms with Crippen LogP contribution in [-0.2, 0) is 4.74 Å². The second kappa shape index (κ2) is 6.68. The second-order valence-corrected chi connectivity index (χ2v) is 6.10. The molecule has 0 aliphatic carbocycles. The molecule has 1 N–H and O–H groups in total. The molecule has 24 heavy (non-hydrogen) atoms. The van der Waals surface area contributed by atoms with Gasteiger partial charge in [-0.25, -0.2) is 8.78 Å². The van der Waals surface area contributed by atoms with Crippen molar-refractivity contribution in [3.63, 3.8) is 0 Å². The van der Waals surface area contributed by atoms with Crippen molar-refractivity contribution < 1.29 is 18.3 Å². The van der Waals surface area contributed by atoms with Gasteiger partial charge in [-0.05, 0) is 32.4 Å². The number of hydrogen-bond acceptors (Lipinski definition) is 3. The van der Waals surface area contributed by atoms with Crippen molar-refractivity contribution in [2.24, 2.45) is 0 Å². The summed E-state index contributed by atoms with van der Waals surface area (Å²) < 4.78 is 33.7. The number of ether oxygens (including phenoxy) is 1. The molecule has 1 aromatic carbocycles. The molecule has 1 aromatic heterocycles. The molecule has 1 atom stereocenters. The Bertz CT molecular complexity index is 725. The van der Waals surface area contributed by atoms with E-state index in [9.17, 15) is 13.6 Å². The van der Waals surface area contributed by atoms with Crippen molar-refractivity contribution in [1.82, 2.24) is 15.1 Å². The highest BCUT2D eigenvalue weighted by atomic mass is 19.1. The minimum absolute atomic E-state index is 0.0190.